The SMILES string of the molecule is C[C@H]1CN(C(=O)CN2CCCCC2=O)CCN1S(C)(=O)=O. The number of hydrogen-bond donors (Lipinski definition) is 0. The molecule has 0 N–H and O–H groups in total. The molecule has 0 aromatic rings. The Morgan fingerprint density at radius 2 is 1.95 bits per heavy atom. The van der Waals surface area contributed by atoms with Crippen LogP contribution in [-0.2, 0) is 19.6 Å². The molecular weight excluding hydrogens is 294 g/mol. The van der Waals surface area contributed by atoms with Gasteiger partial charge in [-0.05, 0) is 19.8 Å². The van der Waals surface area contributed by atoms with E-state index in [1.807, 2.05) is 0 Å². The van der Waals surface area contributed by atoms with E-state index in [2.05, 4.69) is 0 Å². The van der Waals surface area contributed by atoms with Crippen molar-refractivity contribution in [3.8, 4) is 0 Å². The van der Waals surface area contributed by atoms with E-state index < -0.39 is 10.0 Å². The van der Waals surface area contributed by atoms with Crippen LogP contribution in [0.4, 0.5) is 0 Å². The molecule has 21 heavy (non-hydrogen) atoms. The van der Waals surface area contributed by atoms with Gasteiger partial charge in [-0.3, -0.25) is 9.59 Å². The molecule has 2 fully saturated rings. The first-order chi connectivity index (χ1) is 9.79. The van der Waals surface area contributed by atoms with Crippen LogP contribution in [0.3, 0.4) is 0 Å². The molecule has 0 aromatic heterocycles. The highest BCUT2D eigenvalue weighted by Crippen LogP contribution is 2.15. The summed E-state index contributed by atoms with van der Waals surface area (Å²) in [6.45, 7) is 3.65. The molecule has 0 radical (unpaired) electrons. The normalized spacial score (nSPS) is 25.2. The first kappa shape index (κ1) is 16.2. The first-order valence-corrected chi connectivity index (χ1v) is 9.16. The molecule has 1 atom stereocenters. The van der Waals surface area contributed by atoms with Gasteiger partial charge in [0.25, 0.3) is 0 Å². The van der Waals surface area contributed by atoms with Crippen molar-refractivity contribution >= 4 is 21.8 Å². The summed E-state index contributed by atoms with van der Waals surface area (Å²) in [5.41, 5.74) is 0. The largest absolute Gasteiger partial charge is 0.338 e. The van der Waals surface area contributed by atoms with Gasteiger partial charge in [0.1, 0.15) is 0 Å². The lowest BCUT2D eigenvalue weighted by molar-refractivity contribution is -0.142. The summed E-state index contributed by atoms with van der Waals surface area (Å²) in [7, 11) is -3.23. The molecule has 0 spiro atoms. The zero-order valence-electron chi connectivity index (χ0n) is 12.6. The highest BCUT2D eigenvalue weighted by Gasteiger charge is 2.32. The Labute approximate surface area is 125 Å². The van der Waals surface area contributed by atoms with Crippen molar-refractivity contribution in [2.45, 2.75) is 32.2 Å². The molecule has 0 aliphatic carbocycles. The minimum Gasteiger partial charge on any atom is -0.338 e. The Kier molecular flexibility index (Phi) is 4.88. The average Bonchev–Trinajstić information content (AvgIpc) is 2.39. The van der Waals surface area contributed by atoms with Crippen LogP contribution in [0.5, 0.6) is 0 Å². The number of amides is 2. The highest BCUT2D eigenvalue weighted by atomic mass is 32.2. The minimum absolute atomic E-state index is 0.0393. The first-order valence-electron chi connectivity index (χ1n) is 7.31. The summed E-state index contributed by atoms with van der Waals surface area (Å²) in [4.78, 5) is 27.3. The van der Waals surface area contributed by atoms with Crippen LogP contribution in [0.1, 0.15) is 26.2 Å². The number of piperidine rings is 1. The molecule has 0 bridgehead atoms. The van der Waals surface area contributed by atoms with Crippen LogP contribution in [0.15, 0.2) is 0 Å². The van der Waals surface area contributed by atoms with Gasteiger partial charge in [-0.1, -0.05) is 0 Å². The lowest BCUT2D eigenvalue weighted by Crippen LogP contribution is -2.57. The monoisotopic (exact) mass is 317 g/mol. The Morgan fingerprint density at radius 1 is 1.24 bits per heavy atom. The lowest BCUT2D eigenvalue weighted by atomic mass is 10.1. The fourth-order valence-electron chi connectivity index (χ4n) is 2.95. The van der Waals surface area contributed by atoms with Crippen LogP contribution in [0.2, 0.25) is 0 Å². The summed E-state index contributed by atoms with van der Waals surface area (Å²) in [6, 6.07) is -0.227. The number of piperazine rings is 1. The molecule has 0 unspecified atom stereocenters. The van der Waals surface area contributed by atoms with Gasteiger partial charge in [-0.15, -0.1) is 0 Å². The highest BCUT2D eigenvalue weighted by molar-refractivity contribution is 7.88. The summed E-state index contributed by atoms with van der Waals surface area (Å²) in [5.74, 6) is -0.0531. The Balaban J connectivity index is 1.91. The van der Waals surface area contributed by atoms with E-state index in [0.29, 0.717) is 32.6 Å². The van der Waals surface area contributed by atoms with E-state index in [9.17, 15) is 18.0 Å². The van der Waals surface area contributed by atoms with E-state index in [1.165, 1.54) is 10.6 Å². The molecule has 0 aromatic carbocycles. The number of carbonyl (C=O) groups is 2. The molecule has 2 saturated heterocycles. The molecule has 120 valence electrons. The Hall–Kier alpha value is -1.15. The number of hydrogen-bond acceptors (Lipinski definition) is 4. The minimum atomic E-state index is -3.23. The van der Waals surface area contributed by atoms with Gasteiger partial charge in [0, 0.05) is 38.6 Å². The number of likely N-dealkylation sites (tertiary alicyclic amines) is 1. The van der Waals surface area contributed by atoms with Gasteiger partial charge in [0.2, 0.25) is 21.8 Å². The number of sulfonamides is 1. The van der Waals surface area contributed by atoms with Gasteiger partial charge < -0.3 is 9.80 Å². The van der Waals surface area contributed by atoms with E-state index in [0.717, 1.165) is 12.8 Å². The second-order valence-electron chi connectivity index (χ2n) is 5.83. The van der Waals surface area contributed by atoms with Crippen molar-refractivity contribution in [2.24, 2.45) is 0 Å². The maximum absolute atomic E-state index is 12.3. The smallest absolute Gasteiger partial charge is 0.242 e. The van der Waals surface area contributed by atoms with Crippen LogP contribution in [-0.4, -0.2) is 79.4 Å². The second kappa shape index (κ2) is 6.31. The number of nitrogens with zero attached hydrogens (tertiary/aromatic N) is 3. The Bertz CT molecular complexity index is 520. The maximum atomic E-state index is 12.3. The molecule has 2 aliphatic rings. The van der Waals surface area contributed by atoms with Crippen molar-refractivity contribution in [1.82, 2.24) is 14.1 Å². The molecule has 2 rings (SSSR count). The van der Waals surface area contributed by atoms with Crippen molar-refractivity contribution in [1.29, 1.82) is 0 Å². The van der Waals surface area contributed by atoms with Crippen molar-refractivity contribution in [2.75, 3.05) is 39.0 Å². The molecule has 2 heterocycles. The van der Waals surface area contributed by atoms with Gasteiger partial charge in [-0.25, -0.2) is 8.42 Å². The number of rotatable bonds is 3. The third kappa shape index (κ3) is 3.94. The van der Waals surface area contributed by atoms with Gasteiger partial charge in [0.15, 0.2) is 0 Å². The topological polar surface area (TPSA) is 78.0 Å². The number of carbonyl (C=O) groups excluding carboxylic acids is 2. The molecule has 7 nitrogen and oxygen atoms in total. The summed E-state index contributed by atoms with van der Waals surface area (Å²) >= 11 is 0. The van der Waals surface area contributed by atoms with Gasteiger partial charge in [0.05, 0.1) is 12.8 Å². The molecule has 8 heteroatoms. The predicted octanol–water partition coefficient (Wildman–Crippen LogP) is -0.509. The van der Waals surface area contributed by atoms with Crippen molar-refractivity contribution < 1.29 is 18.0 Å². The van der Waals surface area contributed by atoms with Gasteiger partial charge in [-0.2, -0.15) is 4.31 Å². The molecule has 2 amide bonds. The van der Waals surface area contributed by atoms with Crippen LogP contribution >= 0.6 is 0 Å². The van der Waals surface area contributed by atoms with E-state index >= 15 is 0 Å². The second-order valence-corrected chi connectivity index (χ2v) is 7.77. The molecule has 2 aliphatic heterocycles. The third-order valence-corrected chi connectivity index (χ3v) is 5.49. The average molecular weight is 317 g/mol. The summed E-state index contributed by atoms with van der Waals surface area (Å²) in [5, 5.41) is 0. The van der Waals surface area contributed by atoms with Crippen LogP contribution in [0, 0.1) is 0 Å². The van der Waals surface area contributed by atoms with Crippen LogP contribution < -0.4 is 0 Å². The predicted molar refractivity (Wildman–Crippen MR) is 78.0 cm³/mol. The van der Waals surface area contributed by atoms with E-state index in [1.54, 1.807) is 16.7 Å². The van der Waals surface area contributed by atoms with Crippen LogP contribution in [0.25, 0.3) is 0 Å². The van der Waals surface area contributed by atoms with Crippen molar-refractivity contribution in [3.05, 3.63) is 0 Å². The zero-order valence-corrected chi connectivity index (χ0v) is 13.4. The fraction of sp³-hybridized carbons (Fsp3) is 0.846. The van der Waals surface area contributed by atoms with E-state index in [-0.39, 0.29) is 24.4 Å². The van der Waals surface area contributed by atoms with Gasteiger partial charge >= 0.3 is 0 Å². The maximum Gasteiger partial charge on any atom is 0.242 e. The third-order valence-electron chi connectivity index (χ3n) is 4.09. The zero-order chi connectivity index (χ0) is 15.6. The standard InChI is InChI=1S/C13H23N3O4S/c1-11-9-15(7-8-16(11)21(2,19)20)13(18)10-14-6-4-3-5-12(14)17/h11H,3-10H2,1-2H3/t11-/m0/s1. The van der Waals surface area contributed by atoms with E-state index in [4.69, 9.17) is 0 Å². The summed E-state index contributed by atoms with van der Waals surface area (Å²) in [6.07, 6.45) is 3.55. The van der Waals surface area contributed by atoms with Crippen molar-refractivity contribution in [3.63, 3.8) is 0 Å². The molecule has 0 saturated carbocycles. The fourth-order valence-corrected chi connectivity index (χ4v) is 4.09. The Morgan fingerprint density at radius 3 is 2.52 bits per heavy atom. The summed E-state index contributed by atoms with van der Waals surface area (Å²) < 4.78 is 24.6. The quantitative estimate of drug-likeness (QED) is 0.702. The lowest BCUT2D eigenvalue weighted by Gasteiger charge is -2.39. The molecular formula is C13H23N3O4S.